The second-order valence-electron chi connectivity index (χ2n) is 8.74. The highest BCUT2D eigenvalue weighted by atomic mass is 16.5. The standard InChI is InChI=1S/C29H38O3/c1-31-29(30)20-11-9-7-5-3-2-4-6-8-10-14-21-32-28-19-15-18-26-22-24-16-12-13-17-25(24)23-27(26)28/h12-13,15-19,22-23H,2-11,14,20-21H2,1H3. The molecule has 0 amide bonds. The average molecular weight is 435 g/mol. The zero-order valence-electron chi connectivity index (χ0n) is 19.6. The van der Waals surface area contributed by atoms with Crippen molar-refractivity contribution in [3.8, 4) is 5.75 Å². The molecule has 0 aromatic heterocycles. The van der Waals surface area contributed by atoms with E-state index in [0.29, 0.717) is 6.42 Å². The summed E-state index contributed by atoms with van der Waals surface area (Å²) in [6.07, 6.45) is 14.1. The average Bonchev–Trinajstić information content (AvgIpc) is 2.82. The van der Waals surface area contributed by atoms with Gasteiger partial charge in [-0.05, 0) is 47.2 Å². The van der Waals surface area contributed by atoms with Crippen LogP contribution in [0.15, 0.2) is 54.6 Å². The van der Waals surface area contributed by atoms with Gasteiger partial charge in [0.1, 0.15) is 5.75 Å². The maximum atomic E-state index is 11.1. The molecule has 0 atom stereocenters. The number of rotatable bonds is 15. The van der Waals surface area contributed by atoms with E-state index in [-0.39, 0.29) is 5.97 Å². The molecule has 3 aromatic carbocycles. The van der Waals surface area contributed by atoms with Gasteiger partial charge in [0, 0.05) is 11.8 Å². The lowest BCUT2D eigenvalue weighted by atomic mass is 10.0. The Bertz CT molecular complexity index is 963. The Morgan fingerprint density at radius 1 is 0.656 bits per heavy atom. The molecule has 0 aliphatic carbocycles. The lowest BCUT2D eigenvalue weighted by Crippen LogP contribution is -1.99. The van der Waals surface area contributed by atoms with Gasteiger partial charge >= 0.3 is 5.97 Å². The molecular weight excluding hydrogens is 396 g/mol. The molecule has 0 fully saturated rings. The normalized spacial score (nSPS) is 11.2. The molecule has 0 spiro atoms. The minimum atomic E-state index is -0.0823. The quantitative estimate of drug-likeness (QED) is 0.137. The van der Waals surface area contributed by atoms with Crippen molar-refractivity contribution in [3.63, 3.8) is 0 Å². The molecule has 3 rings (SSSR count). The van der Waals surface area contributed by atoms with E-state index in [0.717, 1.165) is 31.6 Å². The van der Waals surface area contributed by atoms with Gasteiger partial charge in [-0.3, -0.25) is 4.79 Å². The largest absolute Gasteiger partial charge is 0.493 e. The number of unbranched alkanes of at least 4 members (excludes halogenated alkanes) is 10. The van der Waals surface area contributed by atoms with Crippen LogP contribution in [0.2, 0.25) is 0 Å². The van der Waals surface area contributed by atoms with Crippen molar-refractivity contribution in [2.75, 3.05) is 13.7 Å². The van der Waals surface area contributed by atoms with Crippen molar-refractivity contribution in [1.29, 1.82) is 0 Å². The minimum Gasteiger partial charge on any atom is -0.493 e. The first-order valence-corrected chi connectivity index (χ1v) is 12.4. The van der Waals surface area contributed by atoms with Crippen LogP contribution in [0.3, 0.4) is 0 Å². The second-order valence-corrected chi connectivity index (χ2v) is 8.74. The van der Waals surface area contributed by atoms with Gasteiger partial charge in [-0.1, -0.05) is 94.2 Å². The number of fused-ring (bicyclic) bond motifs is 2. The summed E-state index contributed by atoms with van der Waals surface area (Å²) in [6, 6.07) is 19.3. The van der Waals surface area contributed by atoms with Crippen molar-refractivity contribution < 1.29 is 14.3 Å². The third-order valence-electron chi connectivity index (χ3n) is 6.22. The third-order valence-corrected chi connectivity index (χ3v) is 6.22. The van der Waals surface area contributed by atoms with E-state index in [2.05, 4.69) is 59.3 Å². The van der Waals surface area contributed by atoms with E-state index in [4.69, 9.17) is 4.74 Å². The molecule has 0 bridgehead atoms. The maximum absolute atomic E-state index is 11.1. The van der Waals surface area contributed by atoms with Crippen molar-refractivity contribution >= 4 is 27.5 Å². The van der Waals surface area contributed by atoms with Crippen LogP contribution < -0.4 is 4.74 Å². The lowest BCUT2D eigenvalue weighted by Gasteiger charge is -2.10. The number of carbonyl (C=O) groups is 1. The summed E-state index contributed by atoms with van der Waals surface area (Å²) >= 11 is 0. The lowest BCUT2D eigenvalue weighted by molar-refractivity contribution is -0.140. The fourth-order valence-corrected chi connectivity index (χ4v) is 4.31. The van der Waals surface area contributed by atoms with Crippen LogP contribution in [-0.2, 0) is 9.53 Å². The number of esters is 1. The number of benzene rings is 3. The van der Waals surface area contributed by atoms with Gasteiger partial charge in [0.2, 0.25) is 0 Å². The molecule has 0 aliphatic rings. The van der Waals surface area contributed by atoms with Crippen LogP contribution in [0.5, 0.6) is 5.75 Å². The van der Waals surface area contributed by atoms with E-state index >= 15 is 0 Å². The second kappa shape index (κ2) is 13.8. The Hall–Kier alpha value is -2.55. The van der Waals surface area contributed by atoms with Gasteiger partial charge in [0.25, 0.3) is 0 Å². The fourth-order valence-electron chi connectivity index (χ4n) is 4.31. The number of carbonyl (C=O) groups excluding carboxylic acids is 1. The van der Waals surface area contributed by atoms with Crippen LogP contribution >= 0.6 is 0 Å². The Morgan fingerprint density at radius 2 is 1.22 bits per heavy atom. The van der Waals surface area contributed by atoms with Gasteiger partial charge in [0.15, 0.2) is 0 Å². The summed E-state index contributed by atoms with van der Waals surface area (Å²) in [4.78, 5) is 11.1. The highest BCUT2D eigenvalue weighted by molar-refractivity contribution is 6.00. The highest BCUT2D eigenvalue weighted by Crippen LogP contribution is 2.30. The summed E-state index contributed by atoms with van der Waals surface area (Å²) in [5, 5.41) is 4.98. The Morgan fingerprint density at radius 3 is 1.88 bits per heavy atom. The highest BCUT2D eigenvalue weighted by Gasteiger charge is 2.04. The zero-order valence-corrected chi connectivity index (χ0v) is 19.6. The topological polar surface area (TPSA) is 35.5 Å². The predicted octanol–water partition coefficient (Wildman–Crippen LogP) is 8.23. The van der Waals surface area contributed by atoms with Crippen LogP contribution in [0.1, 0.15) is 77.0 Å². The zero-order chi connectivity index (χ0) is 22.4. The van der Waals surface area contributed by atoms with Gasteiger partial charge in [-0.25, -0.2) is 0 Å². The molecule has 0 saturated heterocycles. The van der Waals surface area contributed by atoms with E-state index in [1.165, 1.54) is 80.0 Å². The van der Waals surface area contributed by atoms with Crippen LogP contribution in [-0.4, -0.2) is 19.7 Å². The molecule has 3 nitrogen and oxygen atoms in total. The Kier molecular flexibility index (Phi) is 10.4. The minimum absolute atomic E-state index is 0.0823. The van der Waals surface area contributed by atoms with Crippen molar-refractivity contribution in [3.05, 3.63) is 54.6 Å². The van der Waals surface area contributed by atoms with Gasteiger partial charge in [-0.15, -0.1) is 0 Å². The molecule has 172 valence electrons. The molecule has 0 aliphatic heterocycles. The molecule has 0 radical (unpaired) electrons. The van der Waals surface area contributed by atoms with Crippen molar-refractivity contribution in [1.82, 2.24) is 0 Å². The molecule has 0 N–H and O–H groups in total. The van der Waals surface area contributed by atoms with Gasteiger partial charge in [0.05, 0.1) is 13.7 Å². The number of hydrogen-bond acceptors (Lipinski definition) is 3. The van der Waals surface area contributed by atoms with E-state index in [1.807, 2.05) is 0 Å². The SMILES string of the molecule is COC(=O)CCCCCCCCCCCCCOc1cccc2cc3ccccc3cc12. The number of methoxy groups -OCH3 is 1. The molecule has 0 unspecified atom stereocenters. The summed E-state index contributed by atoms with van der Waals surface area (Å²) in [6.45, 7) is 0.789. The van der Waals surface area contributed by atoms with Gasteiger partial charge in [-0.2, -0.15) is 0 Å². The van der Waals surface area contributed by atoms with E-state index in [9.17, 15) is 4.79 Å². The molecule has 3 aromatic rings. The maximum Gasteiger partial charge on any atom is 0.305 e. The van der Waals surface area contributed by atoms with E-state index < -0.39 is 0 Å². The Balaban J connectivity index is 1.23. The smallest absolute Gasteiger partial charge is 0.305 e. The number of ether oxygens (including phenoxy) is 2. The third kappa shape index (κ3) is 7.85. The molecule has 0 heterocycles. The van der Waals surface area contributed by atoms with E-state index in [1.54, 1.807) is 0 Å². The molecule has 0 saturated carbocycles. The predicted molar refractivity (Wildman–Crippen MR) is 134 cm³/mol. The van der Waals surface area contributed by atoms with Crippen molar-refractivity contribution in [2.45, 2.75) is 77.0 Å². The summed E-state index contributed by atoms with van der Waals surface area (Å²) in [7, 11) is 1.46. The van der Waals surface area contributed by atoms with Gasteiger partial charge < -0.3 is 9.47 Å². The monoisotopic (exact) mass is 434 g/mol. The molecule has 32 heavy (non-hydrogen) atoms. The van der Waals surface area contributed by atoms with Crippen molar-refractivity contribution in [2.24, 2.45) is 0 Å². The first kappa shape index (κ1) is 24.1. The number of hydrogen-bond donors (Lipinski definition) is 0. The molecular formula is C29H38O3. The van der Waals surface area contributed by atoms with Crippen LogP contribution in [0, 0.1) is 0 Å². The first-order valence-electron chi connectivity index (χ1n) is 12.4. The Labute approximate surface area is 193 Å². The summed E-state index contributed by atoms with van der Waals surface area (Å²) in [5.74, 6) is 0.918. The fraction of sp³-hybridized carbons (Fsp3) is 0.483. The van der Waals surface area contributed by atoms with Crippen LogP contribution in [0.25, 0.3) is 21.5 Å². The van der Waals surface area contributed by atoms with Crippen LogP contribution in [0.4, 0.5) is 0 Å². The summed E-state index contributed by atoms with van der Waals surface area (Å²) in [5.41, 5.74) is 0. The summed E-state index contributed by atoms with van der Waals surface area (Å²) < 4.78 is 10.8. The molecule has 3 heteroatoms. The first-order chi connectivity index (χ1) is 15.8.